The summed E-state index contributed by atoms with van der Waals surface area (Å²) in [6, 6.07) is 1.93. The van der Waals surface area contributed by atoms with Crippen LogP contribution in [0, 0.1) is 6.92 Å². The number of hydrogen-bond donors (Lipinski definition) is 0. The zero-order valence-corrected chi connectivity index (χ0v) is 14.1. The second-order valence-electron chi connectivity index (χ2n) is 4.65. The van der Waals surface area contributed by atoms with Crippen molar-refractivity contribution in [2.45, 2.75) is 33.3 Å². The monoisotopic (exact) mass is 339 g/mol. The molecule has 0 aliphatic carbocycles. The topological polar surface area (TPSA) is 37.7 Å². The Kier molecular flexibility index (Phi) is 6.71. The Morgan fingerprint density at radius 1 is 1.60 bits per heavy atom. The van der Waals surface area contributed by atoms with Crippen molar-refractivity contribution in [2.75, 3.05) is 13.6 Å². The van der Waals surface area contributed by atoms with Crippen LogP contribution in [0.4, 0.5) is 5.69 Å². The second-order valence-corrected chi connectivity index (χ2v) is 5.50. The van der Waals surface area contributed by atoms with Crippen molar-refractivity contribution < 1.29 is 4.74 Å². The van der Waals surface area contributed by atoms with E-state index < -0.39 is 0 Å². The van der Waals surface area contributed by atoms with Gasteiger partial charge >= 0.3 is 0 Å². The Balaban J connectivity index is 2.91. The number of aromatic nitrogens is 1. The lowest BCUT2D eigenvalue weighted by Gasteiger charge is -2.14. The molecule has 0 saturated heterocycles. The van der Waals surface area contributed by atoms with Crippen LogP contribution in [0.1, 0.15) is 26.0 Å². The van der Waals surface area contributed by atoms with Crippen molar-refractivity contribution in [3.05, 3.63) is 28.9 Å². The lowest BCUT2D eigenvalue weighted by atomic mass is 10.3. The molecule has 0 radical (unpaired) electrons. The van der Waals surface area contributed by atoms with E-state index in [1.54, 1.807) is 6.34 Å². The van der Waals surface area contributed by atoms with Gasteiger partial charge in [0.25, 0.3) is 0 Å². The van der Waals surface area contributed by atoms with Crippen molar-refractivity contribution >= 4 is 28.0 Å². The van der Waals surface area contributed by atoms with E-state index >= 15 is 0 Å². The first-order chi connectivity index (χ1) is 9.47. The van der Waals surface area contributed by atoms with E-state index in [9.17, 15) is 0 Å². The maximum Gasteiger partial charge on any atom is 0.228 e. The third kappa shape index (κ3) is 4.96. The molecule has 0 fully saturated rings. The van der Waals surface area contributed by atoms with E-state index in [0.29, 0.717) is 5.88 Å². The van der Waals surface area contributed by atoms with Gasteiger partial charge in [-0.2, -0.15) is 0 Å². The first-order valence-corrected chi connectivity index (χ1v) is 7.46. The highest BCUT2D eigenvalue weighted by Gasteiger charge is 2.11. The Hall–Kier alpha value is -1.36. The Morgan fingerprint density at radius 2 is 2.30 bits per heavy atom. The van der Waals surface area contributed by atoms with Crippen LogP contribution in [0.25, 0.3) is 0 Å². The second kappa shape index (κ2) is 8.04. The summed E-state index contributed by atoms with van der Waals surface area (Å²) in [4.78, 5) is 10.9. The van der Waals surface area contributed by atoms with Gasteiger partial charge in [-0.05, 0) is 42.8 Å². The minimum atomic E-state index is 0.0521. The minimum absolute atomic E-state index is 0.0521. The molecule has 1 unspecified atom stereocenters. The standard InChI is InChI=1S/C15H22BrN3O/c1-6-8-11(3)20-15-13(16)9-14(12(4)18-15)17-10-19(5)7-2/h6,9-11H,1,7-8H2,2-5H3. The number of nitrogens with zero attached hydrogens (tertiary/aromatic N) is 3. The third-order valence-electron chi connectivity index (χ3n) is 2.81. The molecule has 0 bridgehead atoms. The molecule has 0 spiro atoms. The van der Waals surface area contributed by atoms with Crippen molar-refractivity contribution in [1.29, 1.82) is 0 Å². The quantitative estimate of drug-likeness (QED) is 0.426. The fourth-order valence-electron chi connectivity index (χ4n) is 1.48. The Morgan fingerprint density at radius 3 is 2.90 bits per heavy atom. The molecule has 0 aliphatic rings. The molecular formula is C15H22BrN3O. The van der Waals surface area contributed by atoms with Crippen molar-refractivity contribution in [3.63, 3.8) is 0 Å². The van der Waals surface area contributed by atoms with Crippen LogP contribution < -0.4 is 4.74 Å². The molecule has 0 aromatic carbocycles. The fraction of sp³-hybridized carbons (Fsp3) is 0.467. The van der Waals surface area contributed by atoms with Crippen LogP contribution in [-0.2, 0) is 0 Å². The van der Waals surface area contributed by atoms with Gasteiger partial charge < -0.3 is 9.64 Å². The summed E-state index contributed by atoms with van der Waals surface area (Å²) >= 11 is 3.48. The summed E-state index contributed by atoms with van der Waals surface area (Å²) in [6.45, 7) is 10.6. The Bertz CT molecular complexity index is 488. The SMILES string of the molecule is C=CCC(C)Oc1nc(C)c(N=CN(C)CC)cc1Br. The van der Waals surface area contributed by atoms with Crippen LogP contribution >= 0.6 is 15.9 Å². The van der Waals surface area contributed by atoms with Gasteiger partial charge in [0.15, 0.2) is 0 Å². The van der Waals surface area contributed by atoms with Gasteiger partial charge in [-0.25, -0.2) is 9.98 Å². The number of pyridine rings is 1. The normalized spacial score (nSPS) is 12.4. The molecule has 1 atom stereocenters. The molecule has 1 rings (SSSR count). The number of aryl methyl sites for hydroxylation is 1. The minimum Gasteiger partial charge on any atom is -0.474 e. The van der Waals surface area contributed by atoms with Crippen LogP contribution in [0.3, 0.4) is 0 Å². The molecule has 5 heteroatoms. The largest absolute Gasteiger partial charge is 0.474 e. The van der Waals surface area contributed by atoms with Crippen LogP contribution in [0.2, 0.25) is 0 Å². The number of halogens is 1. The van der Waals surface area contributed by atoms with Gasteiger partial charge in [0.05, 0.1) is 22.2 Å². The predicted octanol–water partition coefficient (Wildman–Crippen LogP) is 4.11. The maximum absolute atomic E-state index is 5.78. The van der Waals surface area contributed by atoms with Crippen LogP contribution in [-0.4, -0.2) is 35.9 Å². The van der Waals surface area contributed by atoms with Crippen molar-refractivity contribution in [2.24, 2.45) is 4.99 Å². The zero-order valence-electron chi connectivity index (χ0n) is 12.6. The molecule has 1 heterocycles. The number of ether oxygens (including phenoxy) is 1. The summed E-state index contributed by atoms with van der Waals surface area (Å²) < 4.78 is 6.59. The number of aliphatic imine (C=N–C) groups is 1. The molecule has 0 amide bonds. The van der Waals surface area contributed by atoms with Crippen molar-refractivity contribution in [3.8, 4) is 5.88 Å². The highest BCUT2D eigenvalue weighted by atomic mass is 79.9. The third-order valence-corrected chi connectivity index (χ3v) is 3.38. The first-order valence-electron chi connectivity index (χ1n) is 6.67. The van der Waals surface area contributed by atoms with E-state index in [2.05, 4.69) is 39.4 Å². The van der Waals surface area contributed by atoms with Crippen molar-refractivity contribution in [1.82, 2.24) is 9.88 Å². The highest BCUT2D eigenvalue weighted by molar-refractivity contribution is 9.10. The highest BCUT2D eigenvalue weighted by Crippen LogP contribution is 2.30. The van der Waals surface area contributed by atoms with Gasteiger partial charge in [0.2, 0.25) is 5.88 Å². The van der Waals surface area contributed by atoms with Gasteiger partial charge in [-0.1, -0.05) is 6.08 Å². The molecule has 0 saturated carbocycles. The summed E-state index contributed by atoms with van der Waals surface area (Å²) in [6.07, 6.45) is 4.48. The van der Waals surface area contributed by atoms with E-state index in [0.717, 1.165) is 28.8 Å². The van der Waals surface area contributed by atoms with E-state index in [-0.39, 0.29) is 6.10 Å². The molecule has 0 aliphatic heterocycles. The van der Waals surface area contributed by atoms with Crippen LogP contribution in [0.15, 0.2) is 28.2 Å². The predicted molar refractivity (Wildman–Crippen MR) is 88.0 cm³/mol. The van der Waals surface area contributed by atoms with E-state index in [1.165, 1.54) is 0 Å². The smallest absolute Gasteiger partial charge is 0.228 e. The maximum atomic E-state index is 5.78. The molecule has 0 N–H and O–H groups in total. The molecule has 1 aromatic heterocycles. The first kappa shape index (κ1) is 16.7. The zero-order chi connectivity index (χ0) is 15.1. The van der Waals surface area contributed by atoms with Gasteiger partial charge in [-0.15, -0.1) is 6.58 Å². The number of hydrogen-bond acceptors (Lipinski definition) is 3. The molecule has 1 aromatic rings. The van der Waals surface area contributed by atoms with Gasteiger partial charge in [0, 0.05) is 20.0 Å². The molecule has 110 valence electrons. The molecule has 4 nitrogen and oxygen atoms in total. The summed E-state index contributed by atoms with van der Waals surface area (Å²) in [7, 11) is 1.98. The van der Waals surface area contributed by atoms with E-state index in [1.807, 2.05) is 37.9 Å². The van der Waals surface area contributed by atoms with Gasteiger partial charge in [0.1, 0.15) is 6.10 Å². The number of rotatable bonds is 7. The lowest BCUT2D eigenvalue weighted by molar-refractivity contribution is 0.214. The lowest BCUT2D eigenvalue weighted by Crippen LogP contribution is -2.14. The van der Waals surface area contributed by atoms with E-state index in [4.69, 9.17) is 4.74 Å². The molecule has 20 heavy (non-hydrogen) atoms. The Labute approximate surface area is 129 Å². The fourth-order valence-corrected chi connectivity index (χ4v) is 1.88. The summed E-state index contributed by atoms with van der Waals surface area (Å²) in [5.74, 6) is 0.597. The summed E-state index contributed by atoms with van der Waals surface area (Å²) in [5.41, 5.74) is 1.68. The average Bonchev–Trinajstić information content (AvgIpc) is 2.40. The average molecular weight is 340 g/mol. The molecular weight excluding hydrogens is 318 g/mol. The summed E-state index contributed by atoms with van der Waals surface area (Å²) in [5, 5.41) is 0. The van der Waals surface area contributed by atoms with Crippen LogP contribution in [0.5, 0.6) is 5.88 Å². The van der Waals surface area contributed by atoms with Gasteiger partial charge in [-0.3, -0.25) is 0 Å².